The van der Waals surface area contributed by atoms with Crippen LogP contribution in [0.1, 0.15) is 51.4 Å². The summed E-state index contributed by atoms with van der Waals surface area (Å²) in [6.07, 6.45) is 2.31. The predicted octanol–water partition coefficient (Wildman–Crippen LogP) is -0.711. The Morgan fingerprint density at radius 3 is 2.09 bits per heavy atom. The summed E-state index contributed by atoms with van der Waals surface area (Å²) >= 11 is 0. The van der Waals surface area contributed by atoms with Crippen LogP contribution in [0.2, 0.25) is 0 Å². The molecule has 1 aliphatic carbocycles. The molecule has 23 heavy (non-hydrogen) atoms. The molecule has 1 saturated carbocycles. The summed E-state index contributed by atoms with van der Waals surface area (Å²) in [6, 6.07) is 0. The standard InChI is InChI=1S/C16H31NO6/c18-10-12(19)13(20)14(21)15(22)16(23)17-9-8-11-6-4-2-1-3-5-7-11/h11-15,18-22H,1-10H2,(H,17,23). The van der Waals surface area contributed by atoms with E-state index in [0.29, 0.717) is 12.5 Å². The fourth-order valence-corrected chi connectivity index (χ4v) is 3.01. The van der Waals surface area contributed by atoms with Crippen LogP contribution in [0, 0.1) is 5.92 Å². The van der Waals surface area contributed by atoms with Gasteiger partial charge in [-0.15, -0.1) is 0 Å². The predicted molar refractivity (Wildman–Crippen MR) is 84.5 cm³/mol. The van der Waals surface area contributed by atoms with E-state index in [2.05, 4.69) is 5.32 Å². The van der Waals surface area contributed by atoms with Crippen LogP contribution in [0.3, 0.4) is 0 Å². The molecule has 6 N–H and O–H groups in total. The smallest absolute Gasteiger partial charge is 0.251 e. The van der Waals surface area contributed by atoms with Crippen molar-refractivity contribution in [1.29, 1.82) is 0 Å². The van der Waals surface area contributed by atoms with Crippen molar-refractivity contribution in [2.45, 2.75) is 75.8 Å². The van der Waals surface area contributed by atoms with E-state index in [-0.39, 0.29) is 0 Å². The molecule has 0 spiro atoms. The van der Waals surface area contributed by atoms with Gasteiger partial charge >= 0.3 is 0 Å². The van der Waals surface area contributed by atoms with Gasteiger partial charge in [0.1, 0.15) is 18.3 Å². The van der Waals surface area contributed by atoms with Crippen molar-refractivity contribution in [3.63, 3.8) is 0 Å². The molecule has 0 aliphatic heterocycles. The molecule has 0 aromatic heterocycles. The number of aliphatic hydroxyl groups is 5. The van der Waals surface area contributed by atoms with Crippen LogP contribution in [-0.4, -0.2) is 69.0 Å². The number of hydrogen-bond donors (Lipinski definition) is 6. The topological polar surface area (TPSA) is 130 Å². The second-order valence-electron chi connectivity index (χ2n) is 6.47. The SMILES string of the molecule is O=C(NCCC1CCCCCCC1)C(O)C(O)C(O)C(O)CO. The lowest BCUT2D eigenvalue weighted by Crippen LogP contribution is -2.51. The van der Waals surface area contributed by atoms with Crippen molar-refractivity contribution >= 4 is 5.91 Å². The van der Waals surface area contributed by atoms with E-state index in [9.17, 15) is 25.2 Å². The van der Waals surface area contributed by atoms with Crippen LogP contribution in [0.5, 0.6) is 0 Å². The molecule has 7 nitrogen and oxygen atoms in total. The van der Waals surface area contributed by atoms with E-state index in [1.54, 1.807) is 0 Å². The Morgan fingerprint density at radius 1 is 0.957 bits per heavy atom. The molecule has 0 aromatic carbocycles. The van der Waals surface area contributed by atoms with Crippen molar-refractivity contribution in [2.75, 3.05) is 13.2 Å². The van der Waals surface area contributed by atoms with Gasteiger partial charge < -0.3 is 30.8 Å². The van der Waals surface area contributed by atoms with Gasteiger partial charge in [-0.05, 0) is 12.3 Å². The molecule has 0 aromatic rings. The molecule has 0 heterocycles. The van der Waals surface area contributed by atoms with Crippen LogP contribution in [-0.2, 0) is 4.79 Å². The maximum absolute atomic E-state index is 11.8. The highest BCUT2D eigenvalue weighted by atomic mass is 16.4. The third-order valence-corrected chi connectivity index (χ3v) is 4.60. The van der Waals surface area contributed by atoms with Crippen molar-refractivity contribution in [3.05, 3.63) is 0 Å². The van der Waals surface area contributed by atoms with E-state index in [1.165, 1.54) is 32.1 Å². The highest BCUT2D eigenvalue weighted by molar-refractivity contribution is 5.81. The lowest BCUT2D eigenvalue weighted by Gasteiger charge is -2.25. The fraction of sp³-hybridized carbons (Fsp3) is 0.938. The molecular formula is C16H31NO6. The minimum absolute atomic E-state index is 0.409. The highest BCUT2D eigenvalue weighted by Crippen LogP contribution is 2.24. The number of aliphatic hydroxyl groups excluding tert-OH is 5. The van der Waals surface area contributed by atoms with Crippen molar-refractivity contribution in [1.82, 2.24) is 5.32 Å². The van der Waals surface area contributed by atoms with E-state index in [1.807, 2.05) is 0 Å². The van der Waals surface area contributed by atoms with Crippen molar-refractivity contribution in [3.8, 4) is 0 Å². The molecule has 0 saturated heterocycles. The van der Waals surface area contributed by atoms with Crippen LogP contribution >= 0.6 is 0 Å². The molecule has 0 radical (unpaired) electrons. The van der Waals surface area contributed by atoms with E-state index in [0.717, 1.165) is 19.3 Å². The second kappa shape index (κ2) is 10.9. The summed E-state index contributed by atoms with van der Waals surface area (Å²) < 4.78 is 0. The Morgan fingerprint density at radius 2 is 1.52 bits per heavy atom. The number of carbonyl (C=O) groups is 1. The van der Waals surface area contributed by atoms with E-state index in [4.69, 9.17) is 5.11 Å². The summed E-state index contributed by atoms with van der Waals surface area (Å²) in [4.78, 5) is 11.8. The average Bonchev–Trinajstić information content (AvgIpc) is 2.53. The third kappa shape index (κ3) is 7.14. The first-order valence-corrected chi connectivity index (χ1v) is 8.58. The zero-order valence-electron chi connectivity index (χ0n) is 13.6. The van der Waals surface area contributed by atoms with Gasteiger partial charge in [-0.25, -0.2) is 0 Å². The Bertz CT molecular complexity index is 333. The van der Waals surface area contributed by atoms with Gasteiger partial charge in [0.25, 0.3) is 5.91 Å². The third-order valence-electron chi connectivity index (χ3n) is 4.60. The molecule has 4 atom stereocenters. The van der Waals surface area contributed by atoms with Gasteiger partial charge in [0.15, 0.2) is 6.10 Å². The molecule has 1 aliphatic rings. The molecular weight excluding hydrogens is 302 g/mol. The quantitative estimate of drug-likeness (QED) is 0.348. The van der Waals surface area contributed by atoms with Gasteiger partial charge in [0.2, 0.25) is 0 Å². The Hall–Kier alpha value is -0.730. The first kappa shape index (κ1) is 20.3. The normalized spacial score (nSPS) is 22.5. The van der Waals surface area contributed by atoms with Gasteiger partial charge in [0, 0.05) is 6.54 Å². The molecule has 0 bridgehead atoms. The first-order chi connectivity index (χ1) is 11.0. The molecule has 7 heteroatoms. The van der Waals surface area contributed by atoms with E-state index >= 15 is 0 Å². The number of nitrogens with one attached hydrogen (secondary N) is 1. The summed E-state index contributed by atoms with van der Waals surface area (Å²) in [7, 11) is 0. The fourth-order valence-electron chi connectivity index (χ4n) is 3.01. The number of rotatable bonds is 8. The van der Waals surface area contributed by atoms with Gasteiger partial charge in [-0.1, -0.05) is 44.9 Å². The maximum atomic E-state index is 11.8. The van der Waals surface area contributed by atoms with E-state index < -0.39 is 36.9 Å². The average molecular weight is 333 g/mol. The minimum atomic E-state index is -1.85. The number of hydrogen-bond acceptors (Lipinski definition) is 6. The lowest BCUT2D eigenvalue weighted by molar-refractivity contribution is -0.148. The molecule has 1 amide bonds. The van der Waals surface area contributed by atoms with Crippen LogP contribution in [0.15, 0.2) is 0 Å². The molecule has 1 fully saturated rings. The second-order valence-corrected chi connectivity index (χ2v) is 6.47. The Labute approximate surface area is 137 Å². The van der Waals surface area contributed by atoms with Crippen LogP contribution in [0.25, 0.3) is 0 Å². The zero-order valence-corrected chi connectivity index (χ0v) is 13.6. The van der Waals surface area contributed by atoms with Crippen LogP contribution in [0.4, 0.5) is 0 Å². The van der Waals surface area contributed by atoms with Crippen molar-refractivity contribution in [2.24, 2.45) is 5.92 Å². The monoisotopic (exact) mass is 333 g/mol. The first-order valence-electron chi connectivity index (χ1n) is 8.58. The lowest BCUT2D eigenvalue weighted by atomic mass is 9.89. The summed E-state index contributed by atoms with van der Waals surface area (Å²) in [5, 5.41) is 49.3. The number of carbonyl (C=O) groups excluding carboxylic acids is 1. The molecule has 136 valence electrons. The van der Waals surface area contributed by atoms with Gasteiger partial charge in [-0.2, -0.15) is 0 Å². The molecule has 1 rings (SSSR count). The van der Waals surface area contributed by atoms with Gasteiger partial charge in [-0.3, -0.25) is 4.79 Å². The summed E-state index contributed by atoms with van der Waals surface area (Å²) in [5.74, 6) is -0.216. The summed E-state index contributed by atoms with van der Waals surface area (Å²) in [6.45, 7) is -0.361. The van der Waals surface area contributed by atoms with Crippen LogP contribution < -0.4 is 5.32 Å². The maximum Gasteiger partial charge on any atom is 0.251 e. The largest absolute Gasteiger partial charge is 0.394 e. The van der Waals surface area contributed by atoms with Gasteiger partial charge in [0.05, 0.1) is 6.61 Å². The summed E-state index contributed by atoms with van der Waals surface area (Å²) in [5.41, 5.74) is 0. The Balaban J connectivity index is 2.31. The number of amides is 1. The Kier molecular flexibility index (Phi) is 9.66. The minimum Gasteiger partial charge on any atom is -0.394 e. The zero-order chi connectivity index (χ0) is 17.2. The van der Waals surface area contributed by atoms with Crippen molar-refractivity contribution < 1.29 is 30.3 Å². The molecule has 4 unspecified atom stereocenters. The highest BCUT2D eigenvalue weighted by Gasteiger charge is 2.33.